The number of hydrogen-bond acceptors (Lipinski definition) is 4. The number of ether oxygens (including phenoxy) is 1. The number of methoxy groups -OCH3 is 1. The van der Waals surface area contributed by atoms with E-state index < -0.39 is 20.3 Å². The van der Waals surface area contributed by atoms with E-state index in [0.717, 1.165) is 0 Å². The van der Waals surface area contributed by atoms with Crippen LogP contribution in [0.5, 0.6) is 0 Å². The van der Waals surface area contributed by atoms with Gasteiger partial charge in [0.05, 0.1) is 7.11 Å². The topological polar surface area (TPSA) is 64.6 Å². The molecule has 3 aromatic rings. The lowest BCUT2D eigenvalue weighted by atomic mass is 10.1. The number of esters is 1. The van der Waals surface area contributed by atoms with Crippen molar-refractivity contribution in [1.29, 1.82) is 0 Å². The first-order chi connectivity index (χ1) is 16.8. The van der Waals surface area contributed by atoms with Crippen molar-refractivity contribution < 1.29 is 18.8 Å². The molecule has 3 aromatic carbocycles. The van der Waals surface area contributed by atoms with Crippen molar-refractivity contribution in [3.63, 3.8) is 0 Å². The van der Waals surface area contributed by atoms with E-state index in [9.17, 15) is 9.59 Å². The van der Waals surface area contributed by atoms with Crippen LogP contribution < -0.4 is 15.7 Å². The van der Waals surface area contributed by atoms with Gasteiger partial charge in [-0.3, -0.25) is 4.79 Å². The number of rotatable bonds is 10. The van der Waals surface area contributed by atoms with Gasteiger partial charge in [-0.2, -0.15) is 0 Å². The monoisotopic (exact) mass is 489 g/mol. The van der Waals surface area contributed by atoms with E-state index in [2.05, 4.69) is 74.6 Å². The van der Waals surface area contributed by atoms with Crippen LogP contribution in [-0.4, -0.2) is 33.9 Å². The smallest absolute Gasteiger partial charge is 0.333 e. The van der Waals surface area contributed by atoms with Gasteiger partial charge in [-0.25, -0.2) is 4.79 Å². The highest BCUT2D eigenvalue weighted by molar-refractivity contribution is 6.99. The molecule has 1 atom stereocenters. The van der Waals surface area contributed by atoms with Crippen LogP contribution in [0.2, 0.25) is 5.04 Å². The third-order valence-corrected chi connectivity index (χ3v) is 11.2. The van der Waals surface area contributed by atoms with Gasteiger partial charge in [0.25, 0.3) is 8.32 Å². The molecule has 3 rings (SSSR count). The summed E-state index contributed by atoms with van der Waals surface area (Å²) in [6.45, 7) is 7.13. The molecule has 0 saturated carbocycles. The summed E-state index contributed by atoms with van der Waals surface area (Å²) >= 11 is 0. The van der Waals surface area contributed by atoms with Crippen LogP contribution in [-0.2, 0) is 18.8 Å². The summed E-state index contributed by atoms with van der Waals surface area (Å²) in [6.07, 6.45) is 0.789. The molecule has 0 fully saturated rings. The lowest BCUT2D eigenvalue weighted by Crippen LogP contribution is -2.66. The highest BCUT2D eigenvalue weighted by atomic mass is 28.4. The van der Waals surface area contributed by atoms with E-state index in [1.807, 2.05) is 30.3 Å². The highest BCUT2D eigenvalue weighted by Crippen LogP contribution is 2.36. The summed E-state index contributed by atoms with van der Waals surface area (Å²) in [6, 6.07) is 29.2. The standard InChI is InChI=1S/C29H35NO4Si/c1-29(2,3)35(24-17-10-6-11-18-24,25-19-12-7-13-20-25)34-22-14-21-26(31)30-27(28(32)33-4)23-15-8-5-9-16-23/h5-13,15-20,27H,14,21-22H2,1-4H3,(H,30,31)/t27-/m1/s1. The van der Waals surface area contributed by atoms with E-state index >= 15 is 0 Å². The summed E-state index contributed by atoms with van der Waals surface area (Å²) in [5, 5.41) is 5.11. The van der Waals surface area contributed by atoms with Crippen LogP contribution in [0.3, 0.4) is 0 Å². The van der Waals surface area contributed by atoms with Gasteiger partial charge < -0.3 is 14.5 Å². The molecule has 0 heterocycles. The van der Waals surface area contributed by atoms with Crippen molar-refractivity contribution in [2.24, 2.45) is 0 Å². The second kappa shape index (κ2) is 12.0. The third-order valence-electron chi connectivity index (χ3n) is 6.16. The lowest BCUT2D eigenvalue weighted by Gasteiger charge is -2.43. The predicted octanol–water partition coefficient (Wildman–Crippen LogP) is 4.37. The van der Waals surface area contributed by atoms with Crippen molar-refractivity contribution in [3.8, 4) is 0 Å². The highest BCUT2D eigenvalue weighted by Gasteiger charge is 2.49. The second-order valence-corrected chi connectivity index (χ2v) is 13.9. The van der Waals surface area contributed by atoms with Crippen LogP contribution in [0.15, 0.2) is 91.0 Å². The van der Waals surface area contributed by atoms with Crippen molar-refractivity contribution in [2.75, 3.05) is 13.7 Å². The van der Waals surface area contributed by atoms with Crippen molar-refractivity contribution in [1.82, 2.24) is 5.32 Å². The average Bonchev–Trinajstić information content (AvgIpc) is 2.87. The SMILES string of the molecule is COC(=O)[C@H](NC(=O)CCCO[Si](c1ccccc1)(c1ccccc1)C(C)(C)C)c1ccccc1. The van der Waals surface area contributed by atoms with E-state index in [4.69, 9.17) is 9.16 Å². The Kier molecular flexibility index (Phi) is 9.01. The first-order valence-electron chi connectivity index (χ1n) is 12.0. The van der Waals surface area contributed by atoms with Gasteiger partial charge in [0, 0.05) is 13.0 Å². The van der Waals surface area contributed by atoms with E-state index in [1.54, 1.807) is 12.1 Å². The fourth-order valence-electron chi connectivity index (χ4n) is 4.49. The molecule has 0 aliphatic heterocycles. The summed E-state index contributed by atoms with van der Waals surface area (Å²) in [5.41, 5.74) is 0.691. The van der Waals surface area contributed by atoms with Crippen LogP contribution in [0.1, 0.15) is 45.2 Å². The van der Waals surface area contributed by atoms with Crippen molar-refractivity contribution in [3.05, 3.63) is 96.6 Å². The molecule has 35 heavy (non-hydrogen) atoms. The first-order valence-corrected chi connectivity index (χ1v) is 13.9. The molecule has 0 saturated heterocycles. The molecule has 5 nitrogen and oxygen atoms in total. The largest absolute Gasteiger partial charge is 0.467 e. The normalized spacial score (nSPS) is 12.6. The molecule has 1 amide bonds. The minimum atomic E-state index is -2.64. The zero-order valence-corrected chi connectivity index (χ0v) is 22.0. The van der Waals surface area contributed by atoms with E-state index in [0.29, 0.717) is 18.6 Å². The Morgan fingerprint density at radius 1 is 0.829 bits per heavy atom. The Morgan fingerprint density at radius 2 is 1.31 bits per heavy atom. The van der Waals surface area contributed by atoms with Gasteiger partial charge in [-0.05, 0) is 27.4 Å². The molecular weight excluding hydrogens is 454 g/mol. The fraction of sp³-hybridized carbons (Fsp3) is 0.310. The average molecular weight is 490 g/mol. The van der Waals surface area contributed by atoms with Crippen molar-refractivity contribution in [2.45, 2.75) is 44.7 Å². The molecule has 0 aliphatic rings. The summed E-state index contributed by atoms with van der Waals surface area (Å²) in [4.78, 5) is 25.0. The fourth-order valence-corrected chi connectivity index (χ4v) is 9.10. The molecule has 6 heteroatoms. The molecule has 0 bridgehead atoms. The van der Waals surface area contributed by atoms with Gasteiger partial charge in [0.15, 0.2) is 6.04 Å². The summed E-state index contributed by atoms with van der Waals surface area (Å²) < 4.78 is 11.7. The van der Waals surface area contributed by atoms with Gasteiger partial charge in [-0.1, -0.05) is 112 Å². The molecule has 0 aliphatic carbocycles. The Morgan fingerprint density at radius 3 is 1.77 bits per heavy atom. The van der Waals surface area contributed by atoms with Crippen molar-refractivity contribution >= 4 is 30.6 Å². The quantitative estimate of drug-likeness (QED) is 0.261. The van der Waals surface area contributed by atoms with Crippen LogP contribution >= 0.6 is 0 Å². The Labute approximate surface area is 209 Å². The van der Waals surface area contributed by atoms with E-state index in [1.165, 1.54) is 17.5 Å². The number of carbonyl (C=O) groups excluding carboxylic acids is 2. The zero-order valence-electron chi connectivity index (χ0n) is 21.0. The molecule has 0 unspecified atom stereocenters. The summed E-state index contributed by atoms with van der Waals surface area (Å²) in [5.74, 6) is -0.705. The zero-order chi connectivity index (χ0) is 25.3. The Hall–Kier alpha value is -3.22. The molecule has 0 aromatic heterocycles. The molecule has 1 N–H and O–H groups in total. The number of amides is 1. The van der Waals surface area contributed by atoms with Gasteiger partial charge in [0.2, 0.25) is 5.91 Å². The van der Waals surface area contributed by atoms with Crippen LogP contribution in [0, 0.1) is 0 Å². The predicted molar refractivity (Wildman–Crippen MR) is 142 cm³/mol. The lowest BCUT2D eigenvalue weighted by molar-refractivity contribution is -0.145. The number of carbonyl (C=O) groups is 2. The maximum atomic E-state index is 12.7. The van der Waals surface area contributed by atoms with Crippen LogP contribution in [0.25, 0.3) is 0 Å². The number of hydrogen-bond donors (Lipinski definition) is 1. The molecular formula is C29H35NO4Si. The minimum absolute atomic E-state index is 0.124. The molecule has 0 radical (unpaired) electrons. The summed E-state index contributed by atoms with van der Waals surface area (Å²) in [7, 11) is -1.31. The third kappa shape index (κ3) is 6.27. The first kappa shape index (κ1) is 26.4. The molecule has 184 valence electrons. The Balaban J connectivity index is 1.73. The van der Waals surface area contributed by atoms with Crippen LogP contribution in [0.4, 0.5) is 0 Å². The van der Waals surface area contributed by atoms with E-state index in [-0.39, 0.29) is 17.4 Å². The maximum absolute atomic E-state index is 12.7. The Bertz CT molecular complexity index is 1040. The van der Waals surface area contributed by atoms with Gasteiger partial charge in [-0.15, -0.1) is 0 Å². The maximum Gasteiger partial charge on any atom is 0.333 e. The number of benzene rings is 3. The molecule has 0 spiro atoms. The minimum Gasteiger partial charge on any atom is -0.467 e. The number of nitrogens with one attached hydrogen (secondary N) is 1. The second-order valence-electron chi connectivity index (χ2n) is 9.55. The van der Waals surface area contributed by atoms with Gasteiger partial charge in [0.1, 0.15) is 0 Å². The van der Waals surface area contributed by atoms with Gasteiger partial charge >= 0.3 is 5.97 Å².